The summed E-state index contributed by atoms with van der Waals surface area (Å²) in [5.74, 6) is 0.0843. The van der Waals surface area contributed by atoms with Gasteiger partial charge in [0.25, 0.3) is 10.0 Å². The fourth-order valence-corrected chi connectivity index (χ4v) is 4.70. The largest absolute Gasteiger partial charge is 0.343 e. The van der Waals surface area contributed by atoms with Crippen LogP contribution in [-0.2, 0) is 14.8 Å². The molecule has 1 saturated heterocycles. The molecule has 2 aromatic rings. The van der Waals surface area contributed by atoms with Gasteiger partial charge in [-0.05, 0) is 43.2 Å². The summed E-state index contributed by atoms with van der Waals surface area (Å²) < 4.78 is 28.6. The number of benzene rings is 2. The Bertz CT molecular complexity index is 1100. The smallest absolute Gasteiger partial charge is 0.285 e. The number of nitriles is 1. The van der Waals surface area contributed by atoms with Gasteiger partial charge in [-0.1, -0.05) is 18.2 Å². The van der Waals surface area contributed by atoms with Crippen molar-refractivity contribution in [2.24, 2.45) is 4.40 Å². The highest BCUT2D eigenvalue weighted by Crippen LogP contribution is 2.31. The van der Waals surface area contributed by atoms with E-state index >= 15 is 0 Å². The Hall–Kier alpha value is -3.18. The van der Waals surface area contributed by atoms with E-state index in [2.05, 4.69) is 9.71 Å². The summed E-state index contributed by atoms with van der Waals surface area (Å²) in [6, 6.07) is 14.8. The highest BCUT2D eigenvalue weighted by Gasteiger charge is 2.39. The van der Waals surface area contributed by atoms with Crippen LogP contribution in [0.4, 0.5) is 5.69 Å². The first-order chi connectivity index (χ1) is 13.0. The van der Waals surface area contributed by atoms with Gasteiger partial charge in [0.05, 0.1) is 11.6 Å². The number of likely N-dealkylation sites (tertiary alicyclic amines) is 1. The molecule has 8 heteroatoms. The third kappa shape index (κ3) is 3.06. The molecule has 0 spiro atoms. The third-order valence-electron chi connectivity index (χ3n) is 4.70. The summed E-state index contributed by atoms with van der Waals surface area (Å²) in [6.07, 6.45) is 1.36. The molecular weight excluding hydrogens is 364 g/mol. The maximum absolute atomic E-state index is 12.8. The first kappa shape index (κ1) is 17.2. The molecular formula is C19H16N4O3S. The topological polar surface area (TPSA) is 103 Å². The lowest BCUT2D eigenvalue weighted by atomic mass is 10.1. The van der Waals surface area contributed by atoms with Crippen LogP contribution in [0.2, 0.25) is 0 Å². The summed E-state index contributed by atoms with van der Waals surface area (Å²) in [5, 5.41) is 11.8. The van der Waals surface area contributed by atoms with Crippen molar-refractivity contribution in [3.05, 3.63) is 59.7 Å². The molecule has 0 saturated carbocycles. The van der Waals surface area contributed by atoms with Crippen LogP contribution in [0.5, 0.6) is 0 Å². The van der Waals surface area contributed by atoms with Gasteiger partial charge < -0.3 is 10.2 Å². The Morgan fingerprint density at radius 1 is 1.22 bits per heavy atom. The number of anilines is 1. The lowest BCUT2D eigenvalue weighted by molar-refractivity contribution is -0.119. The Morgan fingerprint density at radius 2 is 2.04 bits per heavy atom. The highest BCUT2D eigenvalue weighted by molar-refractivity contribution is 7.90. The number of amidine groups is 1. The second-order valence-electron chi connectivity index (χ2n) is 6.42. The lowest BCUT2D eigenvalue weighted by Gasteiger charge is -2.25. The summed E-state index contributed by atoms with van der Waals surface area (Å²) in [4.78, 5) is 14.7. The zero-order chi connectivity index (χ0) is 19.0. The Morgan fingerprint density at radius 3 is 2.85 bits per heavy atom. The number of amides is 1. The minimum absolute atomic E-state index is 0.174. The number of hydrogen-bond acceptors (Lipinski definition) is 5. The molecule has 1 amide bonds. The molecule has 1 atom stereocenters. The molecule has 1 fully saturated rings. The van der Waals surface area contributed by atoms with Gasteiger partial charge in [0.15, 0.2) is 5.84 Å². The maximum Gasteiger partial charge on any atom is 0.285 e. The predicted octanol–water partition coefficient (Wildman–Crippen LogP) is 2.11. The van der Waals surface area contributed by atoms with Crippen molar-refractivity contribution in [2.75, 3.05) is 11.9 Å². The molecule has 2 heterocycles. The second-order valence-corrected chi connectivity index (χ2v) is 7.99. The zero-order valence-electron chi connectivity index (χ0n) is 14.3. The van der Waals surface area contributed by atoms with E-state index in [1.165, 1.54) is 6.07 Å². The van der Waals surface area contributed by atoms with Crippen LogP contribution < -0.4 is 5.32 Å². The number of sulfonamides is 1. The molecule has 136 valence electrons. The molecule has 0 unspecified atom stereocenters. The monoisotopic (exact) mass is 380 g/mol. The van der Waals surface area contributed by atoms with E-state index in [-0.39, 0.29) is 10.8 Å². The van der Waals surface area contributed by atoms with Crippen LogP contribution in [-0.4, -0.2) is 37.6 Å². The standard InChI is InChI=1S/C19H16N4O3S/c20-12-13-5-3-6-14(11-13)21-19(24)16-8-4-10-23(16)18-15-7-1-2-9-17(15)27(25,26)22-18/h1-3,5-7,9,11,16H,4,8,10H2,(H,21,24)/t16-/m0/s1. The average molecular weight is 380 g/mol. The summed E-state index contributed by atoms with van der Waals surface area (Å²) in [6.45, 7) is 0.555. The number of hydrogen-bond donors (Lipinski definition) is 1. The lowest BCUT2D eigenvalue weighted by Crippen LogP contribution is -2.43. The van der Waals surface area contributed by atoms with Crippen molar-refractivity contribution in [3.63, 3.8) is 0 Å². The number of rotatable bonds is 2. The molecule has 27 heavy (non-hydrogen) atoms. The zero-order valence-corrected chi connectivity index (χ0v) is 15.1. The van der Waals surface area contributed by atoms with Gasteiger partial charge in [-0.15, -0.1) is 4.40 Å². The van der Waals surface area contributed by atoms with E-state index in [9.17, 15) is 13.2 Å². The number of nitrogens with one attached hydrogen (secondary N) is 1. The van der Waals surface area contributed by atoms with Gasteiger partial charge in [-0.3, -0.25) is 4.79 Å². The average Bonchev–Trinajstić information content (AvgIpc) is 3.25. The van der Waals surface area contributed by atoms with Crippen LogP contribution in [0.15, 0.2) is 57.8 Å². The molecule has 2 aliphatic rings. The Labute approximate surface area is 157 Å². The summed E-state index contributed by atoms with van der Waals surface area (Å²) in [5.41, 5.74) is 1.52. The van der Waals surface area contributed by atoms with E-state index in [0.717, 1.165) is 6.42 Å². The van der Waals surface area contributed by atoms with Crippen LogP contribution in [0.3, 0.4) is 0 Å². The van der Waals surface area contributed by atoms with Crippen LogP contribution in [0, 0.1) is 11.3 Å². The van der Waals surface area contributed by atoms with E-state index in [4.69, 9.17) is 5.26 Å². The molecule has 0 aliphatic carbocycles. The number of nitrogens with zero attached hydrogens (tertiary/aromatic N) is 3. The van der Waals surface area contributed by atoms with Gasteiger partial charge in [-0.25, -0.2) is 0 Å². The fourth-order valence-electron chi connectivity index (χ4n) is 3.48. The minimum Gasteiger partial charge on any atom is -0.343 e. The van der Waals surface area contributed by atoms with Crippen molar-refractivity contribution >= 4 is 27.5 Å². The first-order valence-corrected chi connectivity index (χ1v) is 9.96. The van der Waals surface area contributed by atoms with E-state index < -0.39 is 16.1 Å². The van der Waals surface area contributed by atoms with Crippen LogP contribution in [0.1, 0.15) is 24.0 Å². The summed E-state index contributed by atoms with van der Waals surface area (Å²) >= 11 is 0. The van der Waals surface area contributed by atoms with Crippen molar-refractivity contribution < 1.29 is 13.2 Å². The number of carbonyl (C=O) groups excluding carboxylic acids is 1. The summed E-state index contributed by atoms with van der Waals surface area (Å²) in [7, 11) is -3.73. The van der Waals surface area contributed by atoms with Gasteiger partial charge >= 0.3 is 0 Å². The Kier molecular flexibility index (Phi) is 4.16. The normalized spacial score (nSPS) is 19.9. The first-order valence-electron chi connectivity index (χ1n) is 8.52. The third-order valence-corrected chi connectivity index (χ3v) is 6.02. The van der Waals surface area contributed by atoms with Crippen molar-refractivity contribution in [3.8, 4) is 6.07 Å². The molecule has 7 nitrogen and oxygen atoms in total. The molecule has 2 aromatic carbocycles. The SMILES string of the molecule is N#Cc1cccc(NC(=O)[C@@H]2CCCN2C2=NS(=O)(=O)c3ccccc32)c1. The maximum atomic E-state index is 12.8. The quantitative estimate of drug-likeness (QED) is 0.860. The van der Waals surface area contributed by atoms with E-state index in [0.29, 0.717) is 35.6 Å². The fraction of sp³-hybridized carbons (Fsp3) is 0.211. The molecule has 0 bridgehead atoms. The van der Waals surface area contributed by atoms with Crippen molar-refractivity contribution in [1.82, 2.24) is 4.90 Å². The van der Waals surface area contributed by atoms with Crippen molar-refractivity contribution in [1.29, 1.82) is 5.26 Å². The van der Waals surface area contributed by atoms with Gasteiger partial charge in [0, 0.05) is 17.8 Å². The highest BCUT2D eigenvalue weighted by atomic mass is 32.2. The van der Waals surface area contributed by atoms with Crippen molar-refractivity contribution in [2.45, 2.75) is 23.8 Å². The van der Waals surface area contributed by atoms with Crippen LogP contribution in [0.25, 0.3) is 0 Å². The molecule has 0 radical (unpaired) electrons. The number of fused-ring (bicyclic) bond motifs is 1. The van der Waals surface area contributed by atoms with Crippen LogP contribution >= 0.6 is 0 Å². The molecule has 1 N–H and O–H groups in total. The Balaban J connectivity index is 1.62. The minimum atomic E-state index is -3.73. The molecule has 0 aromatic heterocycles. The predicted molar refractivity (Wildman–Crippen MR) is 99.7 cm³/mol. The number of carbonyl (C=O) groups is 1. The second kappa shape index (κ2) is 6.52. The van der Waals surface area contributed by atoms with E-state index in [1.807, 2.05) is 6.07 Å². The van der Waals surface area contributed by atoms with Gasteiger partial charge in [0.2, 0.25) is 5.91 Å². The molecule has 2 aliphatic heterocycles. The van der Waals surface area contributed by atoms with Gasteiger partial charge in [-0.2, -0.15) is 13.7 Å². The molecule has 4 rings (SSSR count). The van der Waals surface area contributed by atoms with Gasteiger partial charge in [0.1, 0.15) is 10.9 Å². The van der Waals surface area contributed by atoms with E-state index in [1.54, 1.807) is 47.4 Å².